The smallest absolute Gasteiger partial charge is 0.353 e. The zero-order chi connectivity index (χ0) is 12.1. The third-order valence-corrected chi connectivity index (χ3v) is 2.36. The minimum atomic E-state index is -0.492. The molecule has 0 saturated heterocycles. The van der Waals surface area contributed by atoms with Gasteiger partial charge in [-0.3, -0.25) is 10.1 Å². The molecule has 0 aliphatic heterocycles. The molecule has 0 unspecified atom stereocenters. The van der Waals surface area contributed by atoms with E-state index in [0.717, 1.165) is 0 Å². The molecule has 0 spiro atoms. The summed E-state index contributed by atoms with van der Waals surface area (Å²) in [5.74, 6) is 0.469. The van der Waals surface area contributed by atoms with Crippen LogP contribution in [0, 0.1) is 10.1 Å². The highest BCUT2D eigenvalue weighted by molar-refractivity contribution is 7.98. The average molecular weight is 243 g/mol. The molecule has 0 fully saturated rings. The van der Waals surface area contributed by atoms with E-state index in [1.54, 1.807) is 7.05 Å². The SMILES string of the molecule is CCNc1nc(SC)nc(NC)c1[N+](=O)[O-]. The van der Waals surface area contributed by atoms with E-state index < -0.39 is 4.92 Å². The molecular formula is C8H13N5O2S. The van der Waals surface area contributed by atoms with Crippen molar-refractivity contribution < 1.29 is 4.92 Å². The average Bonchev–Trinajstić information content (AvgIpc) is 2.27. The lowest BCUT2D eigenvalue weighted by Gasteiger charge is -2.08. The molecule has 0 aliphatic carbocycles. The summed E-state index contributed by atoms with van der Waals surface area (Å²) < 4.78 is 0. The van der Waals surface area contributed by atoms with Gasteiger partial charge in [-0.1, -0.05) is 11.8 Å². The zero-order valence-electron chi connectivity index (χ0n) is 9.27. The molecule has 8 heteroatoms. The Labute approximate surface area is 97.2 Å². The predicted octanol–water partition coefficient (Wildman–Crippen LogP) is 1.58. The van der Waals surface area contributed by atoms with Crippen LogP contribution in [0.15, 0.2) is 5.16 Å². The fourth-order valence-electron chi connectivity index (χ4n) is 1.16. The molecule has 0 aromatic carbocycles. The van der Waals surface area contributed by atoms with Crippen LogP contribution in [0.3, 0.4) is 0 Å². The van der Waals surface area contributed by atoms with Gasteiger partial charge in [-0.05, 0) is 13.2 Å². The van der Waals surface area contributed by atoms with E-state index in [1.807, 2.05) is 13.2 Å². The molecule has 1 aromatic rings. The first-order chi connectivity index (χ1) is 7.63. The van der Waals surface area contributed by atoms with Gasteiger partial charge in [0.05, 0.1) is 4.92 Å². The quantitative estimate of drug-likeness (QED) is 0.351. The number of nitrogens with one attached hydrogen (secondary N) is 2. The van der Waals surface area contributed by atoms with Gasteiger partial charge >= 0.3 is 5.69 Å². The highest BCUT2D eigenvalue weighted by Crippen LogP contribution is 2.31. The van der Waals surface area contributed by atoms with E-state index in [1.165, 1.54) is 11.8 Å². The molecule has 0 aliphatic rings. The summed E-state index contributed by atoms with van der Waals surface area (Å²) in [6.45, 7) is 2.42. The number of aromatic nitrogens is 2. The number of hydrogen-bond acceptors (Lipinski definition) is 7. The lowest BCUT2D eigenvalue weighted by atomic mass is 10.4. The van der Waals surface area contributed by atoms with Crippen LogP contribution in [-0.4, -0.2) is 34.7 Å². The Bertz CT molecular complexity index is 398. The van der Waals surface area contributed by atoms with E-state index in [-0.39, 0.29) is 17.3 Å². The van der Waals surface area contributed by atoms with Crippen LogP contribution in [0.5, 0.6) is 0 Å². The second-order valence-corrected chi connectivity index (χ2v) is 3.57. The van der Waals surface area contributed by atoms with Crippen molar-refractivity contribution in [3.05, 3.63) is 10.1 Å². The van der Waals surface area contributed by atoms with Crippen molar-refractivity contribution in [3.63, 3.8) is 0 Å². The van der Waals surface area contributed by atoms with Crippen molar-refractivity contribution in [1.29, 1.82) is 0 Å². The number of rotatable bonds is 5. The maximum Gasteiger partial charge on any atom is 0.353 e. The molecule has 7 nitrogen and oxygen atoms in total. The minimum absolute atomic E-state index is 0.123. The van der Waals surface area contributed by atoms with Gasteiger partial charge in [0.2, 0.25) is 11.6 Å². The fourth-order valence-corrected chi connectivity index (χ4v) is 1.53. The van der Waals surface area contributed by atoms with Crippen LogP contribution < -0.4 is 10.6 Å². The van der Waals surface area contributed by atoms with Crippen LogP contribution in [0.1, 0.15) is 6.92 Å². The van der Waals surface area contributed by atoms with Crippen molar-refractivity contribution in [2.75, 3.05) is 30.5 Å². The number of thioether (sulfide) groups is 1. The van der Waals surface area contributed by atoms with Crippen molar-refractivity contribution >= 4 is 29.1 Å². The largest absolute Gasteiger partial charge is 0.367 e. The molecule has 0 atom stereocenters. The normalized spacial score (nSPS) is 9.94. The molecule has 1 rings (SSSR count). The second kappa shape index (κ2) is 5.50. The summed E-state index contributed by atoms with van der Waals surface area (Å²) in [6, 6.07) is 0. The maximum absolute atomic E-state index is 10.9. The lowest BCUT2D eigenvalue weighted by molar-refractivity contribution is -0.383. The maximum atomic E-state index is 10.9. The van der Waals surface area contributed by atoms with Gasteiger partial charge in [0, 0.05) is 13.6 Å². The summed E-state index contributed by atoms with van der Waals surface area (Å²) in [4.78, 5) is 18.5. The third kappa shape index (κ3) is 2.51. The van der Waals surface area contributed by atoms with Crippen LogP contribution >= 0.6 is 11.8 Å². The monoisotopic (exact) mass is 243 g/mol. The van der Waals surface area contributed by atoms with Crippen LogP contribution in [-0.2, 0) is 0 Å². The summed E-state index contributed by atoms with van der Waals surface area (Å²) in [5.41, 5.74) is -0.123. The molecule has 2 N–H and O–H groups in total. The summed E-state index contributed by atoms with van der Waals surface area (Å²) in [7, 11) is 1.59. The fraction of sp³-hybridized carbons (Fsp3) is 0.500. The molecule has 16 heavy (non-hydrogen) atoms. The number of nitrogens with zero attached hydrogens (tertiary/aromatic N) is 3. The molecule has 0 radical (unpaired) electrons. The van der Waals surface area contributed by atoms with Crippen LogP contribution in [0.4, 0.5) is 17.3 Å². The van der Waals surface area contributed by atoms with Gasteiger partial charge in [-0.25, -0.2) is 0 Å². The van der Waals surface area contributed by atoms with E-state index >= 15 is 0 Å². The molecule has 1 aromatic heterocycles. The topological polar surface area (TPSA) is 93.0 Å². The summed E-state index contributed by atoms with van der Waals surface area (Å²) >= 11 is 1.33. The number of nitro groups is 1. The van der Waals surface area contributed by atoms with E-state index in [4.69, 9.17) is 0 Å². The van der Waals surface area contributed by atoms with Gasteiger partial charge in [0.1, 0.15) is 0 Å². The standard InChI is InChI=1S/C8H13N5O2S/c1-4-10-7-5(13(14)15)6(9-2)11-8(12-7)16-3/h4H2,1-3H3,(H2,9,10,11,12). The Balaban J connectivity index is 3.34. The first-order valence-corrected chi connectivity index (χ1v) is 5.88. The molecule has 0 amide bonds. The Kier molecular flexibility index (Phi) is 4.29. The van der Waals surface area contributed by atoms with Gasteiger partial charge in [0.25, 0.3) is 0 Å². The molecular weight excluding hydrogens is 230 g/mol. The third-order valence-electron chi connectivity index (χ3n) is 1.81. The van der Waals surface area contributed by atoms with Crippen LogP contribution in [0.2, 0.25) is 0 Å². The van der Waals surface area contributed by atoms with Crippen molar-refractivity contribution in [3.8, 4) is 0 Å². The highest BCUT2D eigenvalue weighted by Gasteiger charge is 2.23. The van der Waals surface area contributed by atoms with E-state index in [0.29, 0.717) is 11.7 Å². The van der Waals surface area contributed by atoms with Crippen molar-refractivity contribution in [2.24, 2.45) is 0 Å². The Morgan fingerprint density at radius 1 is 1.44 bits per heavy atom. The number of hydrogen-bond donors (Lipinski definition) is 2. The Morgan fingerprint density at radius 2 is 2.06 bits per heavy atom. The van der Waals surface area contributed by atoms with Gasteiger partial charge in [-0.15, -0.1) is 0 Å². The van der Waals surface area contributed by atoms with E-state index in [2.05, 4.69) is 20.6 Å². The second-order valence-electron chi connectivity index (χ2n) is 2.79. The number of anilines is 2. The first-order valence-electron chi connectivity index (χ1n) is 4.66. The molecule has 0 bridgehead atoms. The van der Waals surface area contributed by atoms with Gasteiger partial charge < -0.3 is 10.6 Å². The first kappa shape index (κ1) is 12.5. The lowest BCUT2D eigenvalue weighted by Crippen LogP contribution is -2.09. The van der Waals surface area contributed by atoms with E-state index in [9.17, 15) is 10.1 Å². The summed E-state index contributed by atoms with van der Waals surface area (Å²) in [5, 5.41) is 17.0. The summed E-state index contributed by atoms with van der Waals surface area (Å²) in [6.07, 6.45) is 1.82. The zero-order valence-corrected chi connectivity index (χ0v) is 10.1. The molecule has 88 valence electrons. The Hall–Kier alpha value is -1.57. The molecule has 1 heterocycles. The minimum Gasteiger partial charge on any atom is -0.367 e. The van der Waals surface area contributed by atoms with Gasteiger partial charge in [-0.2, -0.15) is 9.97 Å². The Morgan fingerprint density at radius 3 is 2.50 bits per heavy atom. The predicted molar refractivity (Wildman–Crippen MR) is 64.2 cm³/mol. The van der Waals surface area contributed by atoms with Gasteiger partial charge in [0.15, 0.2) is 5.16 Å². The van der Waals surface area contributed by atoms with Crippen LogP contribution in [0.25, 0.3) is 0 Å². The highest BCUT2D eigenvalue weighted by atomic mass is 32.2. The van der Waals surface area contributed by atoms with Crippen molar-refractivity contribution in [1.82, 2.24) is 9.97 Å². The van der Waals surface area contributed by atoms with Crippen molar-refractivity contribution in [2.45, 2.75) is 12.1 Å². The molecule has 0 saturated carbocycles.